The Morgan fingerprint density at radius 2 is 0.889 bits per heavy atom. The zero-order valence-corrected chi connectivity index (χ0v) is 42.5. The van der Waals surface area contributed by atoms with Crippen LogP contribution in [-0.4, -0.2) is 74.9 Å². The van der Waals surface area contributed by atoms with Crippen LogP contribution < -0.4 is 0 Å². The van der Waals surface area contributed by atoms with Crippen molar-refractivity contribution < 1.29 is 42.1 Å². The van der Waals surface area contributed by atoms with Gasteiger partial charge in [-0.2, -0.15) is 0 Å². The first-order chi connectivity index (χ1) is 30.5. The molecule has 63 heavy (non-hydrogen) atoms. The van der Waals surface area contributed by atoms with Crippen molar-refractivity contribution in [2.45, 2.75) is 232 Å². The fourth-order valence-electron chi connectivity index (χ4n) is 7.02. The summed E-state index contributed by atoms with van der Waals surface area (Å²) in [4.78, 5) is 35.4. The van der Waals surface area contributed by atoms with Crippen LogP contribution in [0.4, 0.5) is 0 Å². The minimum Gasteiger partial charge on any atom is -0.462 e. The first-order valence-electron chi connectivity index (χ1n) is 25.9. The molecular formula is C53H99NO8P+. The predicted molar refractivity (Wildman–Crippen MR) is 266 cm³/mol. The summed E-state index contributed by atoms with van der Waals surface area (Å²) in [5.74, 6) is -0.809. The number of carbonyl (C=O) groups excluding carboxylic acids is 2. The lowest BCUT2D eigenvalue weighted by atomic mass is 10.0. The summed E-state index contributed by atoms with van der Waals surface area (Å²) < 4.78 is 34.3. The highest BCUT2D eigenvalue weighted by Crippen LogP contribution is 2.43. The third-order valence-electron chi connectivity index (χ3n) is 11.1. The number of phosphoric acid groups is 1. The Balaban J connectivity index is 4.08. The summed E-state index contributed by atoms with van der Waals surface area (Å²) in [6.07, 6.45) is 54.7. The van der Waals surface area contributed by atoms with Crippen molar-refractivity contribution in [2.24, 2.45) is 0 Å². The van der Waals surface area contributed by atoms with Crippen molar-refractivity contribution in [2.75, 3.05) is 47.5 Å². The van der Waals surface area contributed by atoms with Gasteiger partial charge in [0.15, 0.2) is 6.10 Å². The van der Waals surface area contributed by atoms with Crippen LogP contribution in [0, 0.1) is 0 Å². The Hall–Kier alpha value is -2.03. The van der Waals surface area contributed by atoms with E-state index in [4.69, 9.17) is 18.5 Å². The van der Waals surface area contributed by atoms with Gasteiger partial charge in [-0.25, -0.2) is 4.57 Å². The minimum atomic E-state index is -4.38. The Kier molecular flexibility index (Phi) is 43.7. The molecule has 1 N–H and O–H groups in total. The molecule has 368 valence electrons. The number of hydrogen-bond donors (Lipinski definition) is 1. The van der Waals surface area contributed by atoms with E-state index < -0.39 is 26.5 Å². The predicted octanol–water partition coefficient (Wildman–Crippen LogP) is 15.4. The smallest absolute Gasteiger partial charge is 0.462 e. The first-order valence-corrected chi connectivity index (χ1v) is 27.4. The van der Waals surface area contributed by atoms with E-state index in [1.165, 1.54) is 122 Å². The summed E-state index contributed by atoms with van der Waals surface area (Å²) in [5.41, 5.74) is 0. The van der Waals surface area contributed by atoms with E-state index in [0.29, 0.717) is 17.4 Å². The van der Waals surface area contributed by atoms with E-state index in [1.54, 1.807) is 0 Å². The molecule has 0 aromatic rings. The van der Waals surface area contributed by atoms with Crippen molar-refractivity contribution >= 4 is 19.8 Å². The third kappa shape index (κ3) is 49.2. The van der Waals surface area contributed by atoms with Crippen LogP contribution in [0.15, 0.2) is 48.6 Å². The summed E-state index contributed by atoms with van der Waals surface area (Å²) in [5, 5.41) is 0. The SMILES string of the molecule is CCC/C=C\CCCCCCCC(=O)OCC(COP(=O)(O)OCC[N+](C)(C)C)OC(=O)CCCCCCCCCCCCCCCC/C=C\C/C=C\C/C=C\CCCCCCC. The highest BCUT2D eigenvalue weighted by molar-refractivity contribution is 7.47. The zero-order valence-electron chi connectivity index (χ0n) is 41.6. The maximum absolute atomic E-state index is 12.7. The molecule has 0 heterocycles. The molecule has 0 fully saturated rings. The number of allylic oxidation sites excluding steroid dienone is 8. The van der Waals surface area contributed by atoms with Gasteiger partial charge in [-0.15, -0.1) is 0 Å². The van der Waals surface area contributed by atoms with Gasteiger partial charge in [-0.05, 0) is 70.6 Å². The van der Waals surface area contributed by atoms with Gasteiger partial charge in [-0.1, -0.05) is 191 Å². The number of likely N-dealkylation sites (N-methyl/N-ethyl adjacent to an activating group) is 1. The number of rotatable bonds is 47. The number of ether oxygens (including phenoxy) is 2. The molecule has 0 aromatic carbocycles. The lowest BCUT2D eigenvalue weighted by Gasteiger charge is -2.24. The molecule has 0 aliphatic rings. The number of hydrogen-bond acceptors (Lipinski definition) is 7. The first kappa shape index (κ1) is 61.0. The topological polar surface area (TPSA) is 108 Å². The van der Waals surface area contributed by atoms with Crippen molar-refractivity contribution in [1.82, 2.24) is 0 Å². The van der Waals surface area contributed by atoms with Gasteiger partial charge >= 0.3 is 19.8 Å². The van der Waals surface area contributed by atoms with Crippen molar-refractivity contribution in [3.8, 4) is 0 Å². The molecule has 0 aliphatic carbocycles. The van der Waals surface area contributed by atoms with Crippen LogP contribution in [0.25, 0.3) is 0 Å². The lowest BCUT2D eigenvalue weighted by molar-refractivity contribution is -0.870. The van der Waals surface area contributed by atoms with Gasteiger partial charge in [-0.3, -0.25) is 18.6 Å². The molecular weight excluding hydrogens is 810 g/mol. The number of esters is 2. The van der Waals surface area contributed by atoms with Crippen LogP contribution in [-0.2, 0) is 32.7 Å². The van der Waals surface area contributed by atoms with Crippen LogP contribution in [0.1, 0.15) is 226 Å². The third-order valence-corrected chi connectivity index (χ3v) is 12.0. The molecule has 10 heteroatoms. The van der Waals surface area contributed by atoms with Gasteiger partial charge < -0.3 is 18.9 Å². The Bertz CT molecular complexity index is 1210. The molecule has 9 nitrogen and oxygen atoms in total. The Labute approximate surface area is 388 Å². The van der Waals surface area contributed by atoms with Crippen molar-refractivity contribution in [1.29, 1.82) is 0 Å². The lowest BCUT2D eigenvalue weighted by Crippen LogP contribution is -2.37. The monoisotopic (exact) mass is 909 g/mol. The van der Waals surface area contributed by atoms with E-state index in [-0.39, 0.29) is 32.0 Å². The summed E-state index contributed by atoms with van der Waals surface area (Å²) in [6, 6.07) is 0. The Morgan fingerprint density at radius 3 is 1.35 bits per heavy atom. The molecule has 2 unspecified atom stereocenters. The molecule has 0 rings (SSSR count). The molecule has 0 saturated heterocycles. The summed E-state index contributed by atoms with van der Waals surface area (Å²) in [6.45, 7) is 4.35. The minimum absolute atomic E-state index is 0.0299. The van der Waals surface area contributed by atoms with Crippen LogP contribution >= 0.6 is 7.82 Å². The Morgan fingerprint density at radius 1 is 0.492 bits per heavy atom. The standard InChI is InChI=1S/C53H98NO8P/c1-6-8-10-12-14-16-18-19-20-21-22-23-24-25-26-27-28-29-30-31-32-33-34-35-36-38-40-42-44-46-53(56)62-51(50-61-63(57,58)60-48-47-54(3,4)5)49-59-52(55)45-43-41-39-37-17-15-13-11-9-7-2/h11,13,18-19,21-22,24-25,51H,6-10,12,14-17,20,23,26-50H2,1-5H3/p+1/b13-11-,19-18-,22-21-,25-24-. The van der Waals surface area contributed by atoms with E-state index >= 15 is 0 Å². The highest BCUT2D eigenvalue weighted by Gasteiger charge is 2.27. The van der Waals surface area contributed by atoms with Gasteiger partial charge in [0.05, 0.1) is 27.7 Å². The molecule has 2 atom stereocenters. The fraction of sp³-hybridized carbons (Fsp3) is 0.811. The molecule has 0 radical (unpaired) electrons. The van der Waals surface area contributed by atoms with Gasteiger partial charge in [0, 0.05) is 12.8 Å². The summed E-state index contributed by atoms with van der Waals surface area (Å²) >= 11 is 0. The number of carbonyl (C=O) groups is 2. The molecule has 0 aromatic heterocycles. The molecule has 0 bridgehead atoms. The zero-order chi connectivity index (χ0) is 46.4. The summed E-state index contributed by atoms with van der Waals surface area (Å²) in [7, 11) is 1.47. The largest absolute Gasteiger partial charge is 0.472 e. The van der Waals surface area contributed by atoms with E-state index in [2.05, 4.69) is 62.5 Å². The van der Waals surface area contributed by atoms with Gasteiger partial charge in [0.25, 0.3) is 0 Å². The van der Waals surface area contributed by atoms with Crippen molar-refractivity contribution in [3.63, 3.8) is 0 Å². The molecule has 0 spiro atoms. The van der Waals surface area contributed by atoms with E-state index in [0.717, 1.165) is 70.6 Å². The highest BCUT2D eigenvalue weighted by atomic mass is 31.2. The maximum Gasteiger partial charge on any atom is 0.472 e. The van der Waals surface area contributed by atoms with Crippen LogP contribution in [0.2, 0.25) is 0 Å². The number of phosphoric ester groups is 1. The molecule has 0 amide bonds. The van der Waals surface area contributed by atoms with Crippen LogP contribution in [0.3, 0.4) is 0 Å². The maximum atomic E-state index is 12.7. The van der Waals surface area contributed by atoms with E-state index in [1.807, 2.05) is 21.1 Å². The van der Waals surface area contributed by atoms with Crippen LogP contribution in [0.5, 0.6) is 0 Å². The van der Waals surface area contributed by atoms with Gasteiger partial charge in [0.2, 0.25) is 0 Å². The van der Waals surface area contributed by atoms with E-state index in [9.17, 15) is 19.0 Å². The van der Waals surface area contributed by atoms with Gasteiger partial charge in [0.1, 0.15) is 19.8 Å². The fourth-order valence-corrected chi connectivity index (χ4v) is 7.77. The van der Waals surface area contributed by atoms with Crippen molar-refractivity contribution in [3.05, 3.63) is 48.6 Å². The average Bonchev–Trinajstić information content (AvgIpc) is 3.24. The second-order valence-electron chi connectivity index (χ2n) is 18.5. The second-order valence-corrected chi connectivity index (χ2v) is 20.0. The normalized spacial score (nSPS) is 13.8. The molecule has 0 aliphatic heterocycles. The average molecular weight is 909 g/mol. The molecule has 0 saturated carbocycles. The second kappa shape index (κ2) is 45.1. The quantitative estimate of drug-likeness (QED) is 0.0211. The number of nitrogens with zero attached hydrogens (tertiary/aromatic N) is 1. The number of unbranched alkanes of at least 4 members (excludes halogenated alkanes) is 25. The number of quaternary nitrogens is 1.